The maximum Gasteiger partial charge on any atom is 0.257 e. The first-order valence-electron chi connectivity index (χ1n) is 7.78. The first-order valence-corrected chi connectivity index (χ1v) is 9.39. The van der Waals surface area contributed by atoms with Gasteiger partial charge in [-0.1, -0.05) is 28.1 Å². The minimum absolute atomic E-state index is 0.248. The molecule has 26 heavy (non-hydrogen) atoms. The van der Waals surface area contributed by atoms with E-state index >= 15 is 0 Å². The van der Waals surface area contributed by atoms with Crippen molar-refractivity contribution in [2.24, 2.45) is 0 Å². The second-order valence-corrected chi connectivity index (χ2v) is 7.57. The quantitative estimate of drug-likeness (QED) is 0.605. The lowest BCUT2D eigenvalue weighted by Gasteiger charge is -2.09. The number of methoxy groups -OCH3 is 2. The highest BCUT2D eigenvalue weighted by Crippen LogP contribution is 2.32. The van der Waals surface area contributed by atoms with Gasteiger partial charge in [-0.2, -0.15) is 0 Å². The van der Waals surface area contributed by atoms with Crippen LogP contribution in [0.25, 0.3) is 11.3 Å². The van der Waals surface area contributed by atoms with Gasteiger partial charge in [-0.05, 0) is 37.3 Å². The van der Waals surface area contributed by atoms with E-state index in [-0.39, 0.29) is 5.91 Å². The average molecular weight is 433 g/mol. The monoisotopic (exact) mass is 432 g/mol. The van der Waals surface area contributed by atoms with Gasteiger partial charge in [0.05, 0.1) is 19.9 Å². The summed E-state index contributed by atoms with van der Waals surface area (Å²) < 4.78 is 11.5. The molecule has 0 spiro atoms. The van der Waals surface area contributed by atoms with Crippen molar-refractivity contribution >= 4 is 38.3 Å². The standard InChI is InChI=1S/C19H17BrN2O3S/c1-11-17(12-4-7-14(20)8-5-12)21-19(26-11)22-18(23)13-6-9-15(24-2)16(10-13)25-3/h4-10H,1-3H3,(H,21,22,23). The topological polar surface area (TPSA) is 60.5 Å². The van der Waals surface area contributed by atoms with Crippen molar-refractivity contribution in [3.8, 4) is 22.8 Å². The Morgan fingerprint density at radius 3 is 2.42 bits per heavy atom. The number of thiazole rings is 1. The van der Waals surface area contributed by atoms with E-state index in [0.29, 0.717) is 22.2 Å². The van der Waals surface area contributed by atoms with Crippen molar-refractivity contribution in [3.05, 3.63) is 57.4 Å². The van der Waals surface area contributed by atoms with Gasteiger partial charge in [-0.25, -0.2) is 4.98 Å². The van der Waals surface area contributed by atoms with Gasteiger partial charge in [-0.3, -0.25) is 10.1 Å². The van der Waals surface area contributed by atoms with E-state index in [1.165, 1.54) is 18.4 Å². The summed E-state index contributed by atoms with van der Waals surface area (Å²) in [6.07, 6.45) is 0. The smallest absolute Gasteiger partial charge is 0.257 e. The van der Waals surface area contributed by atoms with Crippen molar-refractivity contribution in [1.29, 1.82) is 0 Å². The number of nitrogens with zero attached hydrogens (tertiary/aromatic N) is 1. The molecule has 0 aliphatic carbocycles. The van der Waals surface area contributed by atoms with Crippen LogP contribution in [0, 0.1) is 6.92 Å². The van der Waals surface area contributed by atoms with Crippen molar-refractivity contribution in [2.75, 3.05) is 19.5 Å². The highest BCUT2D eigenvalue weighted by Gasteiger charge is 2.15. The molecule has 3 aromatic rings. The van der Waals surface area contributed by atoms with E-state index in [2.05, 4.69) is 26.2 Å². The molecule has 5 nitrogen and oxygen atoms in total. The number of carbonyl (C=O) groups excluding carboxylic acids is 1. The minimum Gasteiger partial charge on any atom is -0.493 e. The van der Waals surface area contributed by atoms with E-state index in [1.807, 2.05) is 31.2 Å². The molecule has 0 saturated carbocycles. The molecule has 0 aliphatic heterocycles. The number of anilines is 1. The fourth-order valence-electron chi connectivity index (χ4n) is 2.47. The van der Waals surface area contributed by atoms with Crippen molar-refractivity contribution < 1.29 is 14.3 Å². The molecule has 134 valence electrons. The summed E-state index contributed by atoms with van der Waals surface area (Å²) in [7, 11) is 3.09. The molecule has 1 N–H and O–H groups in total. The Morgan fingerprint density at radius 1 is 1.08 bits per heavy atom. The molecule has 0 bridgehead atoms. The van der Waals surface area contributed by atoms with Crippen LogP contribution >= 0.6 is 27.3 Å². The van der Waals surface area contributed by atoms with Gasteiger partial charge in [0.2, 0.25) is 0 Å². The molecule has 1 amide bonds. The molecular weight excluding hydrogens is 416 g/mol. The molecule has 1 heterocycles. The molecule has 0 unspecified atom stereocenters. The van der Waals surface area contributed by atoms with Crippen LogP contribution in [-0.4, -0.2) is 25.1 Å². The zero-order valence-electron chi connectivity index (χ0n) is 14.5. The third kappa shape index (κ3) is 3.89. The molecule has 7 heteroatoms. The first kappa shape index (κ1) is 18.4. The maximum atomic E-state index is 12.5. The third-order valence-corrected chi connectivity index (χ3v) is 5.20. The van der Waals surface area contributed by atoms with Gasteiger partial charge in [0.1, 0.15) is 0 Å². The van der Waals surface area contributed by atoms with E-state index in [1.54, 1.807) is 25.3 Å². The largest absolute Gasteiger partial charge is 0.493 e. The van der Waals surface area contributed by atoms with Crippen LogP contribution in [0.4, 0.5) is 5.13 Å². The summed E-state index contributed by atoms with van der Waals surface area (Å²) in [6, 6.07) is 13.0. The van der Waals surface area contributed by atoms with Crippen LogP contribution in [0.5, 0.6) is 11.5 Å². The van der Waals surface area contributed by atoms with Crippen molar-refractivity contribution in [2.45, 2.75) is 6.92 Å². The van der Waals surface area contributed by atoms with Crippen LogP contribution in [-0.2, 0) is 0 Å². The lowest BCUT2D eigenvalue weighted by atomic mass is 10.1. The molecule has 0 fully saturated rings. The number of aryl methyl sites for hydroxylation is 1. The Hall–Kier alpha value is -2.38. The summed E-state index contributed by atoms with van der Waals surface area (Å²) in [5, 5.41) is 3.41. The molecule has 1 aromatic heterocycles. The van der Waals surface area contributed by atoms with Gasteiger partial charge in [0.15, 0.2) is 16.6 Å². The number of benzene rings is 2. The highest BCUT2D eigenvalue weighted by molar-refractivity contribution is 9.10. The molecular formula is C19H17BrN2O3S. The summed E-state index contributed by atoms with van der Waals surface area (Å²) in [5.74, 6) is 0.833. The van der Waals surface area contributed by atoms with Gasteiger partial charge in [0.25, 0.3) is 5.91 Å². The molecule has 0 saturated heterocycles. The van der Waals surface area contributed by atoms with Crippen LogP contribution < -0.4 is 14.8 Å². The van der Waals surface area contributed by atoms with E-state index < -0.39 is 0 Å². The lowest BCUT2D eigenvalue weighted by molar-refractivity contribution is 0.102. The molecule has 0 aliphatic rings. The second kappa shape index (κ2) is 7.88. The number of rotatable bonds is 5. The van der Waals surface area contributed by atoms with Crippen LogP contribution in [0.3, 0.4) is 0 Å². The number of hydrogen-bond donors (Lipinski definition) is 1. The highest BCUT2D eigenvalue weighted by atomic mass is 79.9. The average Bonchev–Trinajstić information content (AvgIpc) is 3.01. The van der Waals surface area contributed by atoms with Crippen molar-refractivity contribution in [1.82, 2.24) is 4.98 Å². The first-order chi connectivity index (χ1) is 12.5. The predicted molar refractivity (Wildman–Crippen MR) is 107 cm³/mol. The van der Waals surface area contributed by atoms with E-state index in [0.717, 1.165) is 20.6 Å². The van der Waals surface area contributed by atoms with Gasteiger partial charge < -0.3 is 9.47 Å². The van der Waals surface area contributed by atoms with E-state index in [4.69, 9.17) is 9.47 Å². The lowest BCUT2D eigenvalue weighted by Crippen LogP contribution is -2.11. The number of hydrogen-bond acceptors (Lipinski definition) is 5. The zero-order chi connectivity index (χ0) is 18.7. The molecule has 0 atom stereocenters. The van der Waals surface area contributed by atoms with Crippen LogP contribution in [0.2, 0.25) is 0 Å². The number of carbonyl (C=O) groups is 1. The summed E-state index contributed by atoms with van der Waals surface area (Å²) >= 11 is 4.87. The molecule has 3 rings (SSSR count). The SMILES string of the molecule is COc1ccc(C(=O)Nc2nc(-c3ccc(Br)cc3)c(C)s2)cc1OC. The number of nitrogens with one attached hydrogen (secondary N) is 1. The van der Waals surface area contributed by atoms with Gasteiger partial charge >= 0.3 is 0 Å². The number of aromatic nitrogens is 1. The Bertz CT molecular complexity index is 938. The maximum absolute atomic E-state index is 12.5. The zero-order valence-corrected chi connectivity index (χ0v) is 16.9. The fourth-order valence-corrected chi connectivity index (χ4v) is 3.57. The Kier molecular flexibility index (Phi) is 5.58. The Morgan fingerprint density at radius 2 is 1.77 bits per heavy atom. The van der Waals surface area contributed by atoms with Crippen LogP contribution in [0.1, 0.15) is 15.2 Å². The minimum atomic E-state index is -0.248. The number of ether oxygens (including phenoxy) is 2. The summed E-state index contributed by atoms with van der Waals surface area (Å²) in [6.45, 7) is 1.99. The normalized spacial score (nSPS) is 10.5. The number of halogens is 1. The summed E-state index contributed by atoms with van der Waals surface area (Å²) in [4.78, 5) is 18.1. The van der Waals surface area contributed by atoms with Gasteiger partial charge in [-0.15, -0.1) is 11.3 Å². The molecule has 2 aromatic carbocycles. The summed E-state index contributed by atoms with van der Waals surface area (Å²) in [5.41, 5.74) is 2.35. The van der Waals surface area contributed by atoms with E-state index in [9.17, 15) is 4.79 Å². The Balaban J connectivity index is 1.82. The second-order valence-electron chi connectivity index (χ2n) is 5.45. The van der Waals surface area contributed by atoms with Crippen molar-refractivity contribution in [3.63, 3.8) is 0 Å². The molecule has 0 radical (unpaired) electrons. The third-order valence-electron chi connectivity index (χ3n) is 3.78. The fraction of sp³-hybridized carbons (Fsp3) is 0.158. The van der Waals surface area contributed by atoms with Gasteiger partial charge in [0, 0.05) is 20.5 Å². The Labute approximate surface area is 164 Å². The predicted octanol–water partition coefficient (Wildman–Crippen LogP) is 5.15. The van der Waals surface area contributed by atoms with Crippen LogP contribution in [0.15, 0.2) is 46.9 Å². The number of amides is 1.